The molecule has 1 aromatic heterocycles. The van der Waals surface area contributed by atoms with Crippen LogP contribution < -0.4 is 0 Å². The van der Waals surface area contributed by atoms with Crippen LogP contribution in [0.3, 0.4) is 0 Å². The quantitative estimate of drug-likeness (QED) is 0.782. The standard InChI is InChI=1S/C19H21BrN2O/c1-2-17(14-7-4-3-5-8-14)18-9-6-10-22(18)19(23)15-11-16(20)13-21-12-15/h3-5,7-8,11-13,17-18H,2,6,9-10H2,1H3/t17-,18-/m1/s1. The second-order valence-corrected chi connectivity index (χ2v) is 6.94. The summed E-state index contributed by atoms with van der Waals surface area (Å²) in [7, 11) is 0. The largest absolute Gasteiger partial charge is 0.335 e. The maximum Gasteiger partial charge on any atom is 0.255 e. The van der Waals surface area contributed by atoms with Gasteiger partial charge in [0.25, 0.3) is 5.91 Å². The van der Waals surface area contributed by atoms with Crippen LogP contribution in [0.15, 0.2) is 53.3 Å². The fourth-order valence-electron chi connectivity index (χ4n) is 3.59. The van der Waals surface area contributed by atoms with Gasteiger partial charge in [0, 0.05) is 35.4 Å². The summed E-state index contributed by atoms with van der Waals surface area (Å²) in [4.78, 5) is 19.1. The minimum Gasteiger partial charge on any atom is -0.335 e. The van der Waals surface area contributed by atoms with Crippen molar-refractivity contribution < 1.29 is 4.79 Å². The Hall–Kier alpha value is -1.68. The van der Waals surface area contributed by atoms with Crippen LogP contribution in [-0.2, 0) is 0 Å². The van der Waals surface area contributed by atoms with Gasteiger partial charge in [0.1, 0.15) is 0 Å². The molecular formula is C19H21BrN2O. The van der Waals surface area contributed by atoms with E-state index in [1.54, 1.807) is 12.4 Å². The van der Waals surface area contributed by atoms with Crippen molar-refractivity contribution in [2.45, 2.75) is 38.1 Å². The molecule has 3 rings (SSSR count). The van der Waals surface area contributed by atoms with E-state index in [2.05, 4.69) is 52.1 Å². The van der Waals surface area contributed by atoms with Gasteiger partial charge in [-0.1, -0.05) is 37.3 Å². The number of rotatable bonds is 4. The molecule has 1 saturated heterocycles. The number of carbonyl (C=O) groups excluding carboxylic acids is 1. The van der Waals surface area contributed by atoms with E-state index in [9.17, 15) is 4.79 Å². The number of likely N-dealkylation sites (tertiary alicyclic amines) is 1. The number of hydrogen-bond acceptors (Lipinski definition) is 2. The summed E-state index contributed by atoms with van der Waals surface area (Å²) in [5, 5.41) is 0. The van der Waals surface area contributed by atoms with Crippen LogP contribution in [0.2, 0.25) is 0 Å². The molecule has 23 heavy (non-hydrogen) atoms. The van der Waals surface area contributed by atoms with Crippen LogP contribution in [0.5, 0.6) is 0 Å². The molecule has 0 spiro atoms. The van der Waals surface area contributed by atoms with E-state index in [-0.39, 0.29) is 11.9 Å². The summed E-state index contributed by atoms with van der Waals surface area (Å²) in [6.07, 6.45) is 6.54. The Kier molecular flexibility index (Phi) is 5.11. The van der Waals surface area contributed by atoms with Crippen molar-refractivity contribution >= 4 is 21.8 Å². The van der Waals surface area contributed by atoms with Crippen molar-refractivity contribution in [2.24, 2.45) is 0 Å². The second kappa shape index (κ2) is 7.26. The molecule has 0 unspecified atom stereocenters. The maximum atomic E-state index is 12.9. The van der Waals surface area contributed by atoms with Gasteiger partial charge in [0.05, 0.1) is 5.56 Å². The van der Waals surface area contributed by atoms with E-state index in [0.29, 0.717) is 11.5 Å². The third kappa shape index (κ3) is 3.47. The van der Waals surface area contributed by atoms with E-state index < -0.39 is 0 Å². The second-order valence-electron chi connectivity index (χ2n) is 6.03. The third-order valence-corrected chi connectivity index (χ3v) is 5.08. The molecule has 0 bridgehead atoms. The summed E-state index contributed by atoms with van der Waals surface area (Å²) in [5.74, 6) is 0.485. The highest BCUT2D eigenvalue weighted by Crippen LogP contribution is 2.34. The van der Waals surface area contributed by atoms with Gasteiger partial charge in [-0.05, 0) is 46.8 Å². The van der Waals surface area contributed by atoms with Gasteiger partial charge in [-0.25, -0.2) is 0 Å². The first-order chi connectivity index (χ1) is 11.2. The molecule has 2 aromatic rings. The molecule has 120 valence electrons. The van der Waals surface area contributed by atoms with Crippen LogP contribution in [-0.4, -0.2) is 28.4 Å². The zero-order valence-electron chi connectivity index (χ0n) is 13.3. The fraction of sp³-hybridized carbons (Fsp3) is 0.368. The molecule has 3 nitrogen and oxygen atoms in total. The monoisotopic (exact) mass is 372 g/mol. The topological polar surface area (TPSA) is 33.2 Å². The minimum absolute atomic E-state index is 0.0932. The van der Waals surface area contributed by atoms with E-state index in [1.807, 2.05) is 17.0 Å². The third-order valence-electron chi connectivity index (χ3n) is 4.64. The van der Waals surface area contributed by atoms with Crippen molar-refractivity contribution in [1.82, 2.24) is 9.88 Å². The number of hydrogen-bond donors (Lipinski definition) is 0. The van der Waals surface area contributed by atoms with E-state index in [0.717, 1.165) is 30.3 Å². The maximum absolute atomic E-state index is 12.9. The van der Waals surface area contributed by atoms with Crippen LogP contribution in [0.4, 0.5) is 0 Å². The van der Waals surface area contributed by atoms with E-state index in [1.165, 1.54) is 5.56 Å². The molecule has 0 radical (unpaired) electrons. The molecule has 1 amide bonds. The first-order valence-corrected chi connectivity index (χ1v) is 8.96. The first-order valence-electron chi connectivity index (χ1n) is 8.17. The van der Waals surface area contributed by atoms with E-state index >= 15 is 0 Å². The zero-order chi connectivity index (χ0) is 16.2. The summed E-state index contributed by atoms with van der Waals surface area (Å²) >= 11 is 3.40. The number of nitrogens with zero attached hydrogens (tertiary/aromatic N) is 2. The highest BCUT2D eigenvalue weighted by atomic mass is 79.9. The van der Waals surface area contributed by atoms with Gasteiger partial charge < -0.3 is 4.90 Å². The number of aromatic nitrogens is 1. The van der Waals surface area contributed by atoms with Crippen LogP contribution in [0, 0.1) is 0 Å². The molecule has 2 atom stereocenters. The Balaban J connectivity index is 1.86. The zero-order valence-corrected chi connectivity index (χ0v) is 14.9. The average Bonchev–Trinajstić information content (AvgIpc) is 3.05. The molecule has 0 N–H and O–H groups in total. The lowest BCUT2D eigenvalue weighted by molar-refractivity contribution is 0.0714. The van der Waals surface area contributed by atoms with Gasteiger partial charge in [0.15, 0.2) is 0 Å². The molecule has 0 saturated carbocycles. The molecule has 2 heterocycles. The van der Waals surface area contributed by atoms with Gasteiger partial charge >= 0.3 is 0 Å². The summed E-state index contributed by atoms with van der Waals surface area (Å²) in [6.45, 7) is 3.04. The first kappa shape index (κ1) is 16.2. The Bertz CT molecular complexity index is 674. The lowest BCUT2D eigenvalue weighted by atomic mass is 9.87. The number of halogens is 1. The highest BCUT2D eigenvalue weighted by Gasteiger charge is 2.35. The average molecular weight is 373 g/mol. The predicted molar refractivity (Wildman–Crippen MR) is 95.5 cm³/mol. The van der Waals surface area contributed by atoms with Crippen molar-refractivity contribution in [3.8, 4) is 0 Å². The van der Waals surface area contributed by atoms with Gasteiger partial charge in [-0.15, -0.1) is 0 Å². The lowest BCUT2D eigenvalue weighted by Crippen LogP contribution is -2.39. The summed E-state index contributed by atoms with van der Waals surface area (Å²) < 4.78 is 0.842. The van der Waals surface area contributed by atoms with Crippen molar-refractivity contribution in [3.63, 3.8) is 0 Å². The molecule has 0 aliphatic carbocycles. The smallest absolute Gasteiger partial charge is 0.255 e. The number of benzene rings is 1. The van der Waals surface area contributed by atoms with Crippen LogP contribution in [0.25, 0.3) is 0 Å². The van der Waals surface area contributed by atoms with Crippen molar-refractivity contribution in [2.75, 3.05) is 6.54 Å². The molecule has 4 heteroatoms. The van der Waals surface area contributed by atoms with Crippen molar-refractivity contribution in [3.05, 3.63) is 64.4 Å². The molecule has 1 fully saturated rings. The van der Waals surface area contributed by atoms with Gasteiger partial charge in [-0.2, -0.15) is 0 Å². The predicted octanol–water partition coefficient (Wildman–Crippen LogP) is 4.64. The SMILES string of the molecule is CC[C@H](c1ccccc1)[C@H]1CCCN1C(=O)c1cncc(Br)c1. The summed E-state index contributed by atoms with van der Waals surface area (Å²) in [5.41, 5.74) is 1.99. The highest BCUT2D eigenvalue weighted by molar-refractivity contribution is 9.10. The molecular weight excluding hydrogens is 352 g/mol. The Morgan fingerprint density at radius 3 is 2.83 bits per heavy atom. The number of pyridine rings is 1. The number of amides is 1. The van der Waals surface area contributed by atoms with E-state index in [4.69, 9.17) is 0 Å². The van der Waals surface area contributed by atoms with Crippen LogP contribution >= 0.6 is 15.9 Å². The number of carbonyl (C=O) groups is 1. The molecule has 1 aliphatic rings. The normalized spacial score (nSPS) is 18.9. The van der Waals surface area contributed by atoms with Gasteiger partial charge in [0.2, 0.25) is 0 Å². The minimum atomic E-state index is 0.0932. The fourth-order valence-corrected chi connectivity index (χ4v) is 3.95. The van der Waals surface area contributed by atoms with Crippen LogP contribution in [0.1, 0.15) is 48.0 Å². The lowest BCUT2D eigenvalue weighted by Gasteiger charge is -2.31. The van der Waals surface area contributed by atoms with Gasteiger partial charge in [-0.3, -0.25) is 9.78 Å². The Morgan fingerprint density at radius 2 is 2.13 bits per heavy atom. The Labute approximate surface area is 145 Å². The molecule has 1 aromatic carbocycles. The summed E-state index contributed by atoms with van der Waals surface area (Å²) in [6, 6.07) is 12.7. The molecule has 1 aliphatic heterocycles. The van der Waals surface area contributed by atoms with Crippen molar-refractivity contribution in [1.29, 1.82) is 0 Å². The Morgan fingerprint density at radius 1 is 1.35 bits per heavy atom.